The predicted octanol–water partition coefficient (Wildman–Crippen LogP) is 3.61. The van der Waals surface area contributed by atoms with Crippen molar-refractivity contribution in [3.05, 3.63) is 83.3 Å². The van der Waals surface area contributed by atoms with Crippen molar-refractivity contribution in [1.29, 1.82) is 0 Å². The van der Waals surface area contributed by atoms with Gasteiger partial charge in [-0.1, -0.05) is 18.2 Å². The molecule has 1 aromatic heterocycles. The van der Waals surface area contributed by atoms with Crippen LogP contribution in [-0.4, -0.2) is 22.6 Å². The van der Waals surface area contributed by atoms with Crippen molar-refractivity contribution in [2.75, 3.05) is 11.9 Å². The van der Waals surface area contributed by atoms with Gasteiger partial charge in [0.2, 0.25) is 0 Å². The third-order valence-corrected chi connectivity index (χ3v) is 3.73. The van der Waals surface area contributed by atoms with Gasteiger partial charge in [-0.05, 0) is 42.3 Å². The maximum Gasteiger partial charge on any atom is 0.271 e. The predicted molar refractivity (Wildman–Crippen MR) is 94.1 cm³/mol. The number of amides is 1. The van der Waals surface area contributed by atoms with Crippen LogP contribution in [-0.2, 0) is 6.42 Å². The van der Waals surface area contributed by atoms with Gasteiger partial charge < -0.3 is 10.6 Å². The summed E-state index contributed by atoms with van der Waals surface area (Å²) in [5.41, 5.74) is 0.889. The molecule has 138 valence electrons. The molecule has 0 atom stereocenters. The maximum absolute atomic E-state index is 13.5. The van der Waals surface area contributed by atoms with E-state index < -0.39 is 17.5 Å². The van der Waals surface area contributed by atoms with Gasteiger partial charge in [-0.15, -0.1) is 10.2 Å². The summed E-state index contributed by atoms with van der Waals surface area (Å²) >= 11 is 0. The first-order valence-corrected chi connectivity index (χ1v) is 8.10. The number of rotatable bonds is 6. The number of aromatic nitrogens is 2. The molecule has 27 heavy (non-hydrogen) atoms. The molecular formula is C19H15F3N4O. The van der Waals surface area contributed by atoms with Crippen molar-refractivity contribution in [3.63, 3.8) is 0 Å². The van der Waals surface area contributed by atoms with Gasteiger partial charge in [-0.25, -0.2) is 13.2 Å². The Kier molecular flexibility index (Phi) is 5.65. The van der Waals surface area contributed by atoms with E-state index in [9.17, 15) is 18.0 Å². The number of halogens is 3. The SMILES string of the molecule is O=C(NCCc1ccccc1F)c1ccc(Nc2ccc(F)c(F)c2)nn1. The van der Waals surface area contributed by atoms with Gasteiger partial charge in [0.1, 0.15) is 5.82 Å². The zero-order valence-electron chi connectivity index (χ0n) is 14.0. The average Bonchev–Trinajstić information content (AvgIpc) is 2.67. The van der Waals surface area contributed by atoms with Gasteiger partial charge >= 0.3 is 0 Å². The highest BCUT2D eigenvalue weighted by Gasteiger charge is 2.09. The highest BCUT2D eigenvalue weighted by atomic mass is 19.2. The monoisotopic (exact) mass is 372 g/mol. The first-order valence-electron chi connectivity index (χ1n) is 8.10. The molecule has 2 aromatic carbocycles. The van der Waals surface area contributed by atoms with Gasteiger partial charge in [-0.3, -0.25) is 4.79 Å². The molecule has 3 aromatic rings. The van der Waals surface area contributed by atoms with Crippen LogP contribution in [0.4, 0.5) is 24.7 Å². The van der Waals surface area contributed by atoms with Crippen LogP contribution < -0.4 is 10.6 Å². The number of carbonyl (C=O) groups is 1. The van der Waals surface area contributed by atoms with Crippen molar-refractivity contribution in [3.8, 4) is 0 Å². The minimum Gasteiger partial charge on any atom is -0.350 e. The van der Waals surface area contributed by atoms with Crippen LogP contribution in [0.2, 0.25) is 0 Å². The Labute approximate surface area is 153 Å². The highest BCUT2D eigenvalue weighted by molar-refractivity contribution is 5.92. The van der Waals surface area contributed by atoms with E-state index in [1.165, 1.54) is 24.3 Å². The zero-order valence-corrected chi connectivity index (χ0v) is 14.0. The van der Waals surface area contributed by atoms with Crippen LogP contribution in [0.5, 0.6) is 0 Å². The summed E-state index contributed by atoms with van der Waals surface area (Å²) in [6, 6.07) is 12.6. The normalized spacial score (nSPS) is 10.5. The van der Waals surface area contributed by atoms with Gasteiger partial charge in [0, 0.05) is 18.3 Å². The Bertz CT molecular complexity index is 948. The van der Waals surface area contributed by atoms with Gasteiger partial charge in [0.25, 0.3) is 5.91 Å². The van der Waals surface area contributed by atoms with Gasteiger partial charge in [0.15, 0.2) is 23.1 Å². The summed E-state index contributed by atoms with van der Waals surface area (Å²) in [6.45, 7) is 0.246. The smallest absolute Gasteiger partial charge is 0.271 e. The standard InChI is InChI=1S/C19H15F3N4O/c20-14-4-2-1-3-12(14)9-10-23-19(27)17-7-8-18(26-25-17)24-13-5-6-15(21)16(22)11-13/h1-8,11H,9-10H2,(H,23,27)(H,24,26). The Hall–Kier alpha value is -3.42. The molecular weight excluding hydrogens is 357 g/mol. The third kappa shape index (κ3) is 4.81. The summed E-state index contributed by atoms with van der Waals surface area (Å²) in [4.78, 5) is 12.1. The van der Waals surface area contributed by atoms with E-state index in [-0.39, 0.29) is 23.9 Å². The lowest BCUT2D eigenvalue weighted by molar-refractivity contribution is 0.0948. The molecule has 0 radical (unpaired) electrons. The topological polar surface area (TPSA) is 66.9 Å². The molecule has 0 bridgehead atoms. The second-order valence-electron chi connectivity index (χ2n) is 5.66. The van der Waals surface area contributed by atoms with Crippen LogP contribution in [0, 0.1) is 17.5 Å². The number of hydrogen-bond donors (Lipinski definition) is 2. The average molecular weight is 372 g/mol. The molecule has 3 rings (SSSR count). The maximum atomic E-state index is 13.5. The molecule has 8 heteroatoms. The zero-order chi connectivity index (χ0) is 19.2. The summed E-state index contributed by atoms with van der Waals surface area (Å²) in [6.07, 6.45) is 0.349. The lowest BCUT2D eigenvalue weighted by atomic mass is 10.1. The van der Waals surface area contributed by atoms with E-state index in [2.05, 4.69) is 20.8 Å². The fourth-order valence-electron chi connectivity index (χ4n) is 2.34. The van der Waals surface area contributed by atoms with Crippen LogP contribution in [0.1, 0.15) is 16.1 Å². The molecule has 0 aliphatic carbocycles. The number of nitrogens with one attached hydrogen (secondary N) is 2. The molecule has 5 nitrogen and oxygen atoms in total. The Morgan fingerprint density at radius 3 is 2.41 bits per heavy atom. The van der Waals surface area contributed by atoms with Crippen LogP contribution in [0.25, 0.3) is 0 Å². The van der Waals surface area contributed by atoms with Crippen molar-refractivity contribution >= 4 is 17.4 Å². The largest absolute Gasteiger partial charge is 0.350 e. The molecule has 0 fully saturated rings. The Morgan fingerprint density at radius 1 is 0.889 bits per heavy atom. The summed E-state index contributed by atoms with van der Waals surface area (Å²) < 4.78 is 39.6. The Morgan fingerprint density at radius 2 is 1.70 bits per heavy atom. The molecule has 0 aliphatic rings. The van der Waals surface area contributed by atoms with Crippen molar-refractivity contribution < 1.29 is 18.0 Å². The van der Waals surface area contributed by atoms with Crippen molar-refractivity contribution in [2.24, 2.45) is 0 Å². The van der Waals surface area contributed by atoms with Crippen molar-refractivity contribution in [1.82, 2.24) is 15.5 Å². The molecule has 0 saturated heterocycles. The summed E-state index contributed by atoms with van der Waals surface area (Å²) in [5, 5.41) is 13.0. The first-order chi connectivity index (χ1) is 13.0. The summed E-state index contributed by atoms with van der Waals surface area (Å²) in [5.74, 6) is -2.44. The van der Waals surface area contributed by atoms with Crippen LogP contribution >= 0.6 is 0 Å². The van der Waals surface area contributed by atoms with E-state index in [4.69, 9.17) is 0 Å². The molecule has 0 aliphatic heterocycles. The number of hydrogen-bond acceptors (Lipinski definition) is 4. The Balaban J connectivity index is 1.55. The van der Waals surface area contributed by atoms with Gasteiger partial charge in [-0.2, -0.15) is 0 Å². The summed E-state index contributed by atoms with van der Waals surface area (Å²) in [7, 11) is 0. The van der Waals surface area contributed by atoms with Gasteiger partial charge in [0.05, 0.1) is 0 Å². The van der Waals surface area contributed by atoms with E-state index in [1.807, 2.05) is 0 Å². The fraction of sp³-hybridized carbons (Fsp3) is 0.105. The van der Waals surface area contributed by atoms with E-state index in [1.54, 1.807) is 18.2 Å². The lowest BCUT2D eigenvalue weighted by Crippen LogP contribution is -2.27. The number of carbonyl (C=O) groups excluding carboxylic acids is 1. The minimum absolute atomic E-state index is 0.0828. The minimum atomic E-state index is -0.987. The van der Waals surface area contributed by atoms with E-state index >= 15 is 0 Å². The first kappa shape index (κ1) is 18.4. The van der Waals surface area contributed by atoms with E-state index in [0.717, 1.165) is 12.1 Å². The molecule has 0 saturated carbocycles. The quantitative estimate of drug-likeness (QED) is 0.694. The molecule has 0 unspecified atom stereocenters. The third-order valence-electron chi connectivity index (χ3n) is 3.73. The highest BCUT2D eigenvalue weighted by Crippen LogP contribution is 2.17. The number of benzene rings is 2. The van der Waals surface area contributed by atoms with Crippen LogP contribution in [0.15, 0.2) is 54.6 Å². The molecule has 2 N–H and O–H groups in total. The fourth-order valence-corrected chi connectivity index (χ4v) is 2.34. The molecule has 0 spiro atoms. The molecule has 1 heterocycles. The lowest BCUT2D eigenvalue weighted by Gasteiger charge is -2.07. The van der Waals surface area contributed by atoms with Crippen molar-refractivity contribution in [2.45, 2.75) is 6.42 Å². The number of anilines is 2. The second kappa shape index (κ2) is 8.31. The molecule has 1 amide bonds. The van der Waals surface area contributed by atoms with E-state index in [0.29, 0.717) is 17.7 Å². The van der Waals surface area contributed by atoms with Crippen LogP contribution in [0.3, 0.4) is 0 Å². The number of nitrogens with zero attached hydrogens (tertiary/aromatic N) is 2. The second-order valence-corrected chi connectivity index (χ2v) is 5.66.